The Hall–Kier alpha value is -0.540. The van der Waals surface area contributed by atoms with Gasteiger partial charge in [0.05, 0.1) is 10.6 Å². The molecular weight excluding hydrogens is 328 g/mol. The average molecular weight is 351 g/mol. The van der Waals surface area contributed by atoms with Crippen LogP contribution in [0.25, 0.3) is 0 Å². The first-order valence-corrected chi connectivity index (χ1v) is 9.00. The van der Waals surface area contributed by atoms with E-state index in [0.29, 0.717) is 23.5 Å². The smallest absolute Gasteiger partial charge is 0.130 e. The van der Waals surface area contributed by atoms with Crippen LogP contribution in [0.3, 0.4) is 0 Å². The Morgan fingerprint density at radius 1 is 1.19 bits per heavy atom. The van der Waals surface area contributed by atoms with Crippen molar-refractivity contribution in [1.82, 2.24) is 0 Å². The second-order valence-corrected chi connectivity index (χ2v) is 8.31. The van der Waals surface area contributed by atoms with E-state index in [1.807, 2.05) is 6.07 Å². The van der Waals surface area contributed by atoms with Gasteiger partial charge in [-0.3, -0.25) is 0 Å². The molecule has 0 unspecified atom stereocenters. The minimum absolute atomic E-state index is 0.101. The number of halogens is 1. The lowest BCUT2D eigenvalue weighted by atomic mass is 9.55. The number of fused-ring (bicyclic) bond motifs is 5. The minimum atomic E-state index is -0.101. The number of rotatable bonds is 0. The average Bonchev–Trinajstić information content (AvgIpc) is 2.78. The first-order chi connectivity index (χ1) is 10.0. The van der Waals surface area contributed by atoms with E-state index in [1.54, 1.807) is 0 Å². The maximum Gasteiger partial charge on any atom is 0.130 e. The van der Waals surface area contributed by atoms with Crippen molar-refractivity contribution in [3.8, 4) is 5.75 Å². The van der Waals surface area contributed by atoms with Gasteiger partial charge in [0.1, 0.15) is 5.75 Å². The van der Waals surface area contributed by atoms with Crippen LogP contribution in [0.15, 0.2) is 16.6 Å². The van der Waals surface area contributed by atoms with Crippen molar-refractivity contribution >= 4 is 15.9 Å². The highest BCUT2D eigenvalue weighted by Crippen LogP contribution is 2.61. The molecule has 5 atom stereocenters. The molecule has 4 rings (SSSR count). The highest BCUT2D eigenvalue weighted by molar-refractivity contribution is 9.10. The zero-order valence-corrected chi connectivity index (χ0v) is 14.1. The maximum absolute atomic E-state index is 10.4. The van der Waals surface area contributed by atoms with Crippen molar-refractivity contribution < 1.29 is 10.2 Å². The summed E-state index contributed by atoms with van der Waals surface area (Å²) < 4.78 is 0.901. The number of phenols is 1. The Kier molecular flexibility index (Phi) is 3.17. The van der Waals surface area contributed by atoms with Crippen LogP contribution < -0.4 is 0 Å². The van der Waals surface area contributed by atoms with Gasteiger partial charge < -0.3 is 10.2 Å². The quantitative estimate of drug-likeness (QED) is 0.729. The topological polar surface area (TPSA) is 40.5 Å². The molecule has 2 N–H and O–H groups in total. The number of hydrogen-bond acceptors (Lipinski definition) is 2. The molecule has 3 aliphatic carbocycles. The van der Waals surface area contributed by atoms with Crippen LogP contribution in [0.5, 0.6) is 5.75 Å². The first-order valence-electron chi connectivity index (χ1n) is 8.20. The molecule has 0 spiro atoms. The Morgan fingerprint density at radius 3 is 2.81 bits per heavy atom. The van der Waals surface area contributed by atoms with E-state index in [1.165, 1.54) is 30.4 Å². The van der Waals surface area contributed by atoms with Crippen LogP contribution in [0, 0.1) is 17.3 Å². The van der Waals surface area contributed by atoms with Crippen molar-refractivity contribution in [3.05, 3.63) is 27.7 Å². The Labute approximate surface area is 134 Å². The Bertz CT molecular complexity index is 585. The van der Waals surface area contributed by atoms with E-state index in [2.05, 4.69) is 28.9 Å². The van der Waals surface area contributed by atoms with Crippen LogP contribution >= 0.6 is 15.9 Å². The number of benzene rings is 1. The lowest BCUT2D eigenvalue weighted by Crippen LogP contribution is -2.43. The van der Waals surface area contributed by atoms with Gasteiger partial charge in [-0.1, -0.05) is 13.0 Å². The monoisotopic (exact) mass is 350 g/mol. The number of aliphatic hydroxyl groups excluding tert-OH is 1. The summed E-state index contributed by atoms with van der Waals surface area (Å²) in [6, 6.07) is 3.98. The molecule has 1 aromatic carbocycles. The van der Waals surface area contributed by atoms with Gasteiger partial charge in [0, 0.05) is 0 Å². The fraction of sp³-hybridized carbons (Fsp3) is 0.667. The molecule has 0 aliphatic heterocycles. The van der Waals surface area contributed by atoms with E-state index in [9.17, 15) is 10.2 Å². The van der Waals surface area contributed by atoms with Crippen molar-refractivity contribution in [2.45, 2.75) is 57.5 Å². The van der Waals surface area contributed by atoms with Crippen LogP contribution in [0.4, 0.5) is 0 Å². The summed E-state index contributed by atoms with van der Waals surface area (Å²) in [4.78, 5) is 0. The van der Waals surface area contributed by atoms with Gasteiger partial charge in [0.2, 0.25) is 0 Å². The molecular formula is C18H23BrO2. The van der Waals surface area contributed by atoms with Gasteiger partial charge in [-0.15, -0.1) is 0 Å². The largest absolute Gasteiger partial charge is 0.507 e. The predicted octanol–water partition coefficient (Wildman–Crippen LogP) is 4.37. The van der Waals surface area contributed by atoms with Crippen LogP contribution in [-0.2, 0) is 6.42 Å². The van der Waals surface area contributed by atoms with Crippen molar-refractivity contribution in [3.63, 3.8) is 0 Å². The van der Waals surface area contributed by atoms with Gasteiger partial charge in [0.25, 0.3) is 0 Å². The van der Waals surface area contributed by atoms with Gasteiger partial charge in [-0.05, 0) is 94.8 Å². The number of hydrogen-bond donors (Lipinski definition) is 2. The lowest BCUT2D eigenvalue weighted by molar-refractivity contribution is -0.0226. The molecule has 21 heavy (non-hydrogen) atoms. The molecule has 3 heteroatoms. The third kappa shape index (κ3) is 1.86. The fourth-order valence-corrected chi connectivity index (χ4v) is 6.14. The summed E-state index contributed by atoms with van der Waals surface area (Å²) in [5.41, 5.74) is 2.91. The van der Waals surface area contributed by atoms with Gasteiger partial charge in [-0.2, -0.15) is 0 Å². The third-order valence-corrected chi connectivity index (χ3v) is 7.66. The first kappa shape index (κ1) is 14.1. The molecule has 0 amide bonds. The number of aromatic hydroxyl groups is 1. The lowest BCUT2D eigenvalue weighted by Gasteiger charge is -2.50. The molecule has 0 bridgehead atoms. The SMILES string of the molecule is C[C@@]12CC[C@@H]3c4ccc(O)c(Br)c4CC[C@@H]3[C@@H]1CC[C@@H]2O. The van der Waals surface area contributed by atoms with E-state index in [-0.39, 0.29) is 11.5 Å². The van der Waals surface area contributed by atoms with E-state index >= 15 is 0 Å². The second kappa shape index (κ2) is 4.73. The molecule has 1 aromatic rings. The number of phenolic OH excluding ortho intramolecular Hbond substituents is 1. The predicted molar refractivity (Wildman–Crippen MR) is 86.4 cm³/mol. The fourth-order valence-electron chi connectivity index (χ4n) is 5.58. The summed E-state index contributed by atoms with van der Waals surface area (Å²) in [5.74, 6) is 2.37. The van der Waals surface area contributed by atoms with E-state index < -0.39 is 0 Å². The summed E-state index contributed by atoms with van der Waals surface area (Å²) in [6.45, 7) is 2.31. The van der Waals surface area contributed by atoms with Crippen LogP contribution in [0.2, 0.25) is 0 Å². The van der Waals surface area contributed by atoms with Crippen molar-refractivity contribution in [2.75, 3.05) is 0 Å². The summed E-state index contributed by atoms with van der Waals surface area (Å²) in [7, 11) is 0. The molecule has 0 heterocycles. The Balaban J connectivity index is 1.74. The molecule has 3 aliphatic rings. The third-order valence-electron chi connectivity index (χ3n) is 6.77. The molecule has 0 saturated heterocycles. The normalized spacial score (nSPS) is 41.3. The molecule has 114 valence electrons. The van der Waals surface area contributed by atoms with E-state index in [4.69, 9.17) is 0 Å². The number of aliphatic hydroxyl groups is 1. The van der Waals surface area contributed by atoms with Gasteiger partial charge >= 0.3 is 0 Å². The summed E-state index contributed by atoms with van der Waals surface area (Å²) in [6.07, 6.45) is 6.64. The maximum atomic E-state index is 10.4. The van der Waals surface area contributed by atoms with Crippen molar-refractivity contribution in [2.24, 2.45) is 17.3 Å². The van der Waals surface area contributed by atoms with Gasteiger partial charge in [0.15, 0.2) is 0 Å². The summed E-state index contributed by atoms with van der Waals surface area (Å²) in [5, 5.41) is 20.3. The van der Waals surface area contributed by atoms with Gasteiger partial charge in [-0.25, -0.2) is 0 Å². The molecule has 0 aromatic heterocycles. The molecule has 2 nitrogen and oxygen atoms in total. The summed E-state index contributed by atoms with van der Waals surface area (Å²) >= 11 is 3.57. The zero-order chi connectivity index (χ0) is 14.8. The highest BCUT2D eigenvalue weighted by atomic mass is 79.9. The highest BCUT2D eigenvalue weighted by Gasteiger charge is 2.54. The standard InChI is InChI=1S/C18H23BrO2/c1-18-9-8-11-10-4-6-15(20)17(19)13(10)3-2-12(11)14(18)5-7-16(18)21/h4,6,11-12,14,16,20-21H,2-3,5,7-9H2,1H3/t11-,12+,14+,16+,18-/m1/s1. The van der Waals surface area contributed by atoms with Crippen LogP contribution in [-0.4, -0.2) is 16.3 Å². The van der Waals surface area contributed by atoms with Crippen molar-refractivity contribution in [1.29, 1.82) is 0 Å². The molecule has 2 saturated carbocycles. The van der Waals surface area contributed by atoms with Crippen LogP contribution in [0.1, 0.15) is 56.1 Å². The minimum Gasteiger partial charge on any atom is -0.507 e. The molecule has 0 radical (unpaired) electrons. The Morgan fingerprint density at radius 2 is 2.00 bits per heavy atom. The van der Waals surface area contributed by atoms with E-state index in [0.717, 1.165) is 23.7 Å². The zero-order valence-electron chi connectivity index (χ0n) is 12.5. The second-order valence-electron chi connectivity index (χ2n) is 7.52. The molecule has 2 fully saturated rings.